The second-order valence-corrected chi connectivity index (χ2v) is 4.96. The molecular weight excluding hydrogens is 248 g/mol. The van der Waals surface area contributed by atoms with E-state index < -0.39 is 0 Å². The highest BCUT2D eigenvalue weighted by atomic mass is 15.1. The fourth-order valence-electron chi connectivity index (χ4n) is 2.54. The maximum atomic E-state index is 9.16. The molecule has 0 saturated carbocycles. The van der Waals surface area contributed by atoms with Gasteiger partial charge in [0, 0.05) is 25.7 Å². The molecule has 0 unspecified atom stereocenters. The van der Waals surface area contributed by atoms with Gasteiger partial charge in [0.15, 0.2) is 0 Å². The van der Waals surface area contributed by atoms with E-state index in [-0.39, 0.29) is 0 Å². The van der Waals surface area contributed by atoms with Gasteiger partial charge in [-0.05, 0) is 25.0 Å². The first-order valence-corrected chi connectivity index (χ1v) is 6.81. The maximum absolute atomic E-state index is 9.16. The van der Waals surface area contributed by atoms with E-state index >= 15 is 0 Å². The maximum Gasteiger partial charge on any atom is 0.101 e. The molecule has 1 aromatic carbocycles. The van der Waals surface area contributed by atoms with Gasteiger partial charge in [-0.2, -0.15) is 10.5 Å². The lowest BCUT2D eigenvalue weighted by Gasteiger charge is -2.32. The van der Waals surface area contributed by atoms with Crippen LogP contribution in [0, 0.1) is 22.7 Å². The van der Waals surface area contributed by atoms with Crippen LogP contribution in [0.25, 0.3) is 0 Å². The summed E-state index contributed by atoms with van der Waals surface area (Å²) in [6.07, 6.45) is 3.95. The van der Waals surface area contributed by atoms with E-state index in [1.54, 1.807) is 18.2 Å². The smallest absolute Gasteiger partial charge is 0.101 e. The number of benzene rings is 1. The number of para-hydroxylation sites is 1. The lowest BCUT2D eigenvalue weighted by Crippen LogP contribution is -2.39. The number of rotatable bonds is 4. The van der Waals surface area contributed by atoms with Gasteiger partial charge >= 0.3 is 0 Å². The minimum Gasteiger partial charge on any atom is -0.380 e. The minimum absolute atomic E-state index is 0.317. The summed E-state index contributed by atoms with van der Waals surface area (Å²) in [4.78, 5) is 2.35. The molecule has 0 amide bonds. The van der Waals surface area contributed by atoms with E-state index in [0.717, 1.165) is 32.5 Å². The molecule has 1 N–H and O–H groups in total. The van der Waals surface area contributed by atoms with Gasteiger partial charge < -0.3 is 5.32 Å². The summed E-state index contributed by atoms with van der Waals surface area (Å²) in [5.41, 5.74) is 1.76. The van der Waals surface area contributed by atoms with E-state index in [1.807, 2.05) is 6.08 Å². The number of piperidine rings is 1. The molecule has 1 aliphatic rings. The SMILES string of the molecule is C=CCN1CCC(Nc2c(C#N)cccc2C#N)CC1. The van der Waals surface area contributed by atoms with Crippen LogP contribution < -0.4 is 5.32 Å². The number of likely N-dealkylation sites (tertiary alicyclic amines) is 1. The van der Waals surface area contributed by atoms with Gasteiger partial charge in [0.05, 0.1) is 16.8 Å². The number of nitriles is 2. The molecule has 0 aromatic heterocycles. The highest BCUT2D eigenvalue weighted by molar-refractivity contribution is 5.66. The summed E-state index contributed by atoms with van der Waals surface area (Å²) in [6.45, 7) is 6.71. The fraction of sp³-hybridized carbons (Fsp3) is 0.375. The van der Waals surface area contributed by atoms with Gasteiger partial charge in [-0.1, -0.05) is 12.1 Å². The molecule has 4 heteroatoms. The molecule has 0 spiro atoms. The van der Waals surface area contributed by atoms with Crippen molar-refractivity contribution in [1.29, 1.82) is 10.5 Å². The molecule has 2 rings (SSSR count). The van der Waals surface area contributed by atoms with E-state index in [0.29, 0.717) is 22.9 Å². The van der Waals surface area contributed by atoms with E-state index in [1.165, 1.54) is 0 Å². The molecule has 20 heavy (non-hydrogen) atoms. The van der Waals surface area contributed by atoms with Crippen LogP contribution in [0.5, 0.6) is 0 Å². The Kier molecular flexibility index (Phi) is 4.76. The van der Waals surface area contributed by atoms with Gasteiger partial charge in [-0.3, -0.25) is 4.90 Å². The molecule has 4 nitrogen and oxygen atoms in total. The van der Waals surface area contributed by atoms with Gasteiger partial charge in [0.25, 0.3) is 0 Å². The quantitative estimate of drug-likeness (QED) is 0.850. The molecular formula is C16H18N4. The normalized spacial score (nSPS) is 16.1. The number of nitrogens with zero attached hydrogens (tertiary/aromatic N) is 3. The third-order valence-electron chi connectivity index (χ3n) is 3.63. The van der Waals surface area contributed by atoms with Crippen molar-refractivity contribution >= 4 is 5.69 Å². The van der Waals surface area contributed by atoms with Crippen molar-refractivity contribution in [3.63, 3.8) is 0 Å². The first kappa shape index (κ1) is 14.1. The minimum atomic E-state index is 0.317. The van der Waals surface area contributed by atoms with Crippen LogP contribution in [0.15, 0.2) is 30.9 Å². The Bertz CT molecular complexity index is 525. The Morgan fingerprint density at radius 1 is 1.25 bits per heavy atom. The Morgan fingerprint density at radius 3 is 2.35 bits per heavy atom. The topological polar surface area (TPSA) is 62.9 Å². The lowest BCUT2D eigenvalue weighted by molar-refractivity contribution is 0.240. The van der Waals surface area contributed by atoms with Crippen molar-refractivity contribution in [2.75, 3.05) is 25.0 Å². The highest BCUT2D eigenvalue weighted by Gasteiger charge is 2.20. The average Bonchev–Trinajstić information content (AvgIpc) is 2.49. The molecule has 0 aliphatic carbocycles. The second-order valence-electron chi connectivity index (χ2n) is 4.96. The van der Waals surface area contributed by atoms with Crippen LogP contribution >= 0.6 is 0 Å². The Hall–Kier alpha value is -2.30. The molecule has 1 aliphatic heterocycles. The third kappa shape index (κ3) is 3.17. The largest absolute Gasteiger partial charge is 0.380 e. The Labute approximate surface area is 119 Å². The summed E-state index contributed by atoms with van der Waals surface area (Å²) in [6, 6.07) is 9.86. The molecule has 0 radical (unpaired) electrons. The fourth-order valence-corrected chi connectivity index (χ4v) is 2.54. The van der Waals surface area contributed by atoms with E-state index in [9.17, 15) is 0 Å². The van der Waals surface area contributed by atoms with Crippen LogP contribution in [-0.2, 0) is 0 Å². The van der Waals surface area contributed by atoms with Crippen molar-refractivity contribution in [3.05, 3.63) is 42.0 Å². The predicted octanol–water partition coefficient (Wildman–Crippen LogP) is 2.49. The van der Waals surface area contributed by atoms with Gasteiger partial charge in [0.2, 0.25) is 0 Å². The monoisotopic (exact) mass is 266 g/mol. The van der Waals surface area contributed by atoms with Crippen LogP contribution in [0.4, 0.5) is 5.69 Å². The van der Waals surface area contributed by atoms with Crippen LogP contribution in [0.3, 0.4) is 0 Å². The summed E-state index contributed by atoms with van der Waals surface area (Å²) < 4.78 is 0. The van der Waals surface area contributed by atoms with Gasteiger partial charge in [0.1, 0.15) is 12.1 Å². The average molecular weight is 266 g/mol. The second kappa shape index (κ2) is 6.75. The predicted molar refractivity (Wildman–Crippen MR) is 79.2 cm³/mol. The summed E-state index contributed by atoms with van der Waals surface area (Å²) >= 11 is 0. The van der Waals surface area contributed by atoms with Gasteiger partial charge in [-0.15, -0.1) is 6.58 Å². The van der Waals surface area contributed by atoms with Crippen molar-refractivity contribution in [1.82, 2.24) is 4.90 Å². The first-order valence-electron chi connectivity index (χ1n) is 6.81. The van der Waals surface area contributed by atoms with E-state index in [4.69, 9.17) is 10.5 Å². The van der Waals surface area contributed by atoms with E-state index in [2.05, 4.69) is 28.9 Å². The Morgan fingerprint density at radius 2 is 1.85 bits per heavy atom. The van der Waals surface area contributed by atoms with Gasteiger partial charge in [-0.25, -0.2) is 0 Å². The third-order valence-corrected chi connectivity index (χ3v) is 3.63. The summed E-state index contributed by atoms with van der Waals surface area (Å²) in [5.74, 6) is 0. The molecule has 1 saturated heterocycles. The molecule has 1 aromatic rings. The molecule has 1 heterocycles. The number of nitrogens with one attached hydrogen (secondary N) is 1. The standard InChI is InChI=1S/C16H18N4/c1-2-8-20-9-6-15(7-10-20)19-16-13(11-17)4-3-5-14(16)12-18/h2-5,15,19H,1,6-10H2. The molecule has 0 atom stereocenters. The van der Waals surface area contributed by atoms with Crippen molar-refractivity contribution in [2.45, 2.75) is 18.9 Å². The molecule has 0 bridgehead atoms. The van der Waals surface area contributed by atoms with Crippen molar-refractivity contribution < 1.29 is 0 Å². The number of anilines is 1. The molecule has 1 fully saturated rings. The molecule has 102 valence electrons. The number of hydrogen-bond acceptors (Lipinski definition) is 4. The van der Waals surface area contributed by atoms with Crippen LogP contribution in [0.1, 0.15) is 24.0 Å². The first-order chi connectivity index (χ1) is 9.78. The van der Waals surface area contributed by atoms with Crippen molar-refractivity contribution in [3.8, 4) is 12.1 Å². The lowest BCUT2D eigenvalue weighted by atomic mass is 10.0. The summed E-state index contributed by atoms with van der Waals surface area (Å²) in [7, 11) is 0. The van der Waals surface area contributed by atoms with Crippen LogP contribution in [-0.4, -0.2) is 30.6 Å². The zero-order valence-electron chi connectivity index (χ0n) is 11.5. The Balaban J connectivity index is 2.07. The highest BCUT2D eigenvalue weighted by Crippen LogP contribution is 2.23. The summed E-state index contributed by atoms with van der Waals surface area (Å²) in [5, 5.41) is 21.7. The zero-order valence-corrected chi connectivity index (χ0v) is 11.5. The number of hydrogen-bond donors (Lipinski definition) is 1. The zero-order chi connectivity index (χ0) is 14.4. The van der Waals surface area contributed by atoms with Crippen LogP contribution in [0.2, 0.25) is 0 Å². The van der Waals surface area contributed by atoms with Crippen molar-refractivity contribution in [2.24, 2.45) is 0 Å².